The van der Waals surface area contributed by atoms with Gasteiger partial charge in [-0.3, -0.25) is 14.4 Å². The SMILES string of the molecule is CC(C)C(NC(=O)c1cc2c(=O)[nH]c3ccccc3c2s1)C(N)=O. The lowest BCUT2D eigenvalue weighted by molar-refractivity contribution is -0.120. The molecule has 1 atom stereocenters. The monoisotopic (exact) mass is 343 g/mol. The first-order valence-electron chi connectivity index (χ1n) is 7.53. The van der Waals surface area contributed by atoms with Gasteiger partial charge in [-0.2, -0.15) is 0 Å². The molecule has 0 fully saturated rings. The Morgan fingerprint density at radius 1 is 1.21 bits per heavy atom. The van der Waals surface area contributed by atoms with E-state index in [4.69, 9.17) is 5.73 Å². The molecule has 3 aromatic rings. The molecule has 0 spiro atoms. The van der Waals surface area contributed by atoms with E-state index < -0.39 is 17.9 Å². The second kappa shape index (κ2) is 6.09. The van der Waals surface area contributed by atoms with Crippen LogP contribution in [0.15, 0.2) is 35.1 Å². The minimum atomic E-state index is -0.752. The van der Waals surface area contributed by atoms with Crippen LogP contribution in [0.25, 0.3) is 21.0 Å². The molecule has 0 saturated carbocycles. The number of nitrogens with one attached hydrogen (secondary N) is 2. The topological polar surface area (TPSA) is 105 Å². The zero-order valence-corrected chi connectivity index (χ0v) is 14.1. The maximum Gasteiger partial charge on any atom is 0.262 e. The van der Waals surface area contributed by atoms with Crippen LogP contribution in [-0.2, 0) is 4.79 Å². The lowest BCUT2D eigenvalue weighted by Crippen LogP contribution is -2.47. The van der Waals surface area contributed by atoms with Gasteiger partial charge >= 0.3 is 0 Å². The van der Waals surface area contributed by atoms with E-state index in [0.717, 1.165) is 15.6 Å². The summed E-state index contributed by atoms with van der Waals surface area (Å²) in [6.45, 7) is 3.61. The average Bonchev–Trinajstić information content (AvgIpc) is 2.98. The van der Waals surface area contributed by atoms with E-state index in [2.05, 4.69) is 10.3 Å². The van der Waals surface area contributed by atoms with Crippen LogP contribution in [0, 0.1) is 5.92 Å². The number of nitrogens with two attached hydrogens (primary N) is 1. The van der Waals surface area contributed by atoms with Gasteiger partial charge in [-0.1, -0.05) is 32.0 Å². The van der Waals surface area contributed by atoms with Gasteiger partial charge < -0.3 is 16.0 Å². The first kappa shape index (κ1) is 16.2. The largest absolute Gasteiger partial charge is 0.368 e. The normalized spacial score (nSPS) is 12.6. The molecular weight excluding hydrogens is 326 g/mol. The van der Waals surface area contributed by atoms with Crippen LogP contribution in [-0.4, -0.2) is 22.8 Å². The Balaban J connectivity index is 2.06. The summed E-state index contributed by atoms with van der Waals surface area (Å²) in [5, 5.41) is 3.99. The number of pyridine rings is 1. The summed E-state index contributed by atoms with van der Waals surface area (Å²) in [5.74, 6) is -1.11. The van der Waals surface area contributed by atoms with Gasteiger partial charge in [0.2, 0.25) is 5.91 Å². The van der Waals surface area contributed by atoms with E-state index in [1.54, 1.807) is 19.9 Å². The van der Waals surface area contributed by atoms with Crippen LogP contribution in [0.4, 0.5) is 0 Å². The van der Waals surface area contributed by atoms with Crippen molar-refractivity contribution in [2.75, 3.05) is 0 Å². The number of carbonyl (C=O) groups excluding carboxylic acids is 2. The van der Waals surface area contributed by atoms with Gasteiger partial charge in [0.25, 0.3) is 11.5 Å². The summed E-state index contributed by atoms with van der Waals surface area (Å²) >= 11 is 1.23. The van der Waals surface area contributed by atoms with Crippen LogP contribution < -0.4 is 16.6 Å². The van der Waals surface area contributed by atoms with Crippen molar-refractivity contribution in [3.8, 4) is 0 Å². The predicted molar refractivity (Wildman–Crippen MR) is 95.2 cm³/mol. The van der Waals surface area contributed by atoms with E-state index in [1.165, 1.54) is 11.3 Å². The lowest BCUT2D eigenvalue weighted by atomic mass is 10.0. The Morgan fingerprint density at radius 3 is 2.58 bits per heavy atom. The van der Waals surface area contributed by atoms with E-state index in [1.807, 2.05) is 24.3 Å². The number of benzene rings is 1. The fourth-order valence-electron chi connectivity index (χ4n) is 2.63. The molecule has 3 rings (SSSR count). The fraction of sp³-hybridized carbons (Fsp3) is 0.235. The average molecular weight is 343 g/mol. The molecule has 0 aliphatic rings. The highest BCUT2D eigenvalue weighted by Gasteiger charge is 2.23. The van der Waals surface area contributed by atoms with Gasteiger partial charge in [0, 0.05) is 15.6 Å². The molecule has 0 saturated heterocycles. The number of aromatic nitrogens is 1. The molecule has 0 aliphatic carbocycles. The number of carbonyl (C=O) groups is 2. The number of rotatable bonds is 4. The van der Waals surface area contributed by atoms with Crippen LogP contribution in [0.1, 0.15) is 23.5 Å². The summed E-state index contributed by atoms with van der Waals surface area (Å²) in [6, 6.07) is 8.23. The first-order chi connectivity index (χ1) is 11.4. The maximum absolute atomic E-state index is 12.5. The summed E-state index contributed by atoms with van der Waals surface area (Å²) in [7, 11) is 0. The van der Waals surface area contributed by atoms with Gasteiger partial charge in [0.15, 0.2) is 0 Å². The summed E-state index contributed by atoms with van der Waals surface area (Å²) in [6.07, 6.45) is 0. The van der Waals surface area contributed by atoms with Crippen molar-refractivity contribution in [3.63, 3.8) is 0 Å². The van der Waals surface area contributed by atoms with Crippen LogP contribution in [0.5, 0.6) is 0 Å². The first-order valence-corrected chi connectivity index (χ1v) is 8.35. The Bertz CT molecular complexity index is 1000. The number of primary amides is 1. The van der Waals surface area contributed by atoms with Crippen molar-refractivity contribution in [3.05, 3.63) is 45.6 Å². The molecule has 0 radical (unpaired) electrons. The standard InChI is InChI=1S/C17H17N3O3S/c1-8(2)13(15(18)21)20-17(23)12-7-10-14(24-12)9-5-3-4-6-11(9)19-16(10)22/h3-8,13H,1-2H3,(H2,18,21)(H,19,22)(H,20,23). The molecule has 4 N–H and O–H groups in total. The van der Waals surface area contributed by atoms with E-state index in [-0.39, 0.29) is 11.5 Å². The van der Waals surface area contributed by atoms with E-state index in [9.17, 15) is 14.4 Å². The highest BCUT2D eigenvalue weighted by Crippen LogP contribution is 2.29. The van der Waals surface area contributed by atoms with Crippen LogP contribution in [0.2, 0.25) is 0 Å². The number of H-pyrrole nitrogens is 1. The number of aromatic amines is 1. The van der Waals surface area contributed by atoms with Gasteiger partial charge in [-0.15, -0.1) is 11.3 Å². The van der Waals surface area contributed by atoms with Crippen molar-refractivity contribution in [2.24, 2.45) is 11.7 Å². The van der Waals surface area contributed by atoms with Crippen LogP contribution >= 0.6 is 11.3 Å². The smallest absolute Gasteiger partial charge is 0.262 e. The second-order valence-corrected chi connectivity index (χ2v) is 7.00. The van der Waals surface area contributed by atoms with Gasteiger partial charge in [-0.05, 0) is 18.1 Å². The minimum absolute atomic E-state index is 0.120. The molecule has 2 aromatic heterocycles. The molecule has 7 heteroatoms. The molecule has 0 bridgehead atoms. The molecule has 0 aliphatic heterocycles. The summed E-state index contributed by atoms with van der Waals surface area (Å²) < 4.78 is 0.750. The Kier molecular flexibility index (Phi) is 4.11. The molecule has 1 unspecified atom stereocenters. The van der Waals surface area contributed by atoms with Crippen molar-refractivity contribution in [2.45, 2.75) is 19.9 Å². The van der Waals surface area contributed by atoms with Gasteiger partial charge in [0.1, 0.15) is 6.04 Å². The number of thiophene rings is 1. The number of para-hydroxylation sites is 1. The third kappa shape index (κ3) is 2.78. The van der Waals surface area contributed by atoms with Crippen molar-refractivity contribution < 1.29 is 9.59 Å². The number of hydrogen-bond donors (Lipinski definition) is 3. The Labute approximate surface area is 141 Å². The number of fused-ring (bicyclic) bond motifs is 3. The number of hydrogen-bond acceptors (Lipinski definition) is 4. The molecule has 2 amide bonds. The zero-order valence-electron chi connectivity index (χ0n) is 13.3. The van der Waals surface area contributed by atoms with E-state index >= 15 is 0 Å². The van der Waals surface area contributed by atoms with Gasteiger partial charge in [-0.25, -0.2) is 0 Å². The lowest BCUT2D eigenvalue weighted by Gasteiger charge is -2.18. The third-order valence-electron chi connectivity index (χ3n) is 3.88. The Hall–Kier alpha value is -2.67. The van der Waals surface area contributed by atoms with Crippen LogP contribution in [0.3, 0.4) is 0 Å². The van der Waals surface area contributed by atoms with E-state index in [0.29, 0.717) is 10.3 Å². The molecule has 1 aromatic carbocycles. The predicted octanol–water partition coefficient (Wildman–Crippen LogP) is 1.98. The highest BCUT2D eigenvalue weighted by atomic mass is 32.1. The second-order valence-electron chi connectivity index (χ2n) is 5.95. The van der Waals surface area contributed by atoms with Crippen molar-refractivity contribution >= 4 is 44.1 Å². The van der Waals surface area contributed by atoms with Gasteiger partial charge in [0.05, 0.1) is 10.3 Å². The van der Waals surface area contributed by atoms with Crippen molar-refractivity contribution in [1.29, 1.82) is 0 Å². The third-order valence-corrected chi connectivity index (χ3v) is 5.05. The molecule has 2 heterocycles. The molecular formula is C17H17N3O3S. The summed E-state index contributed by atoms with van der Waals surface area (Å²) in [5.41, 5.74) is 5.81. The molecule has 124 valence electrons. The highest BCUT2D eigenvalue weighted by molar-refractivity contribution is 7.21. The molecule has 6 nitrogen and oxygen atoms in total. The minimum Gasteiger partial charge on any atom is -0.368 e. The quantitative estimate of drug-likeness (QED) is 0.674. The number of amides is 2. The zero-order chi connectivity index (χ0) is 17.4. The van der Waals surface area contributed by atoms with Crippen molar-refractivity contribution in [1.82, 2.24) is 10.3 Å². The molecule has 24 heavy (non-hydrogen) atoms. The fourth-order valence-corrected chi connectivity index (χ4v) is 3.73. The maximum atomic E-state index is 12.5. The summed E-state index contributed by atoms with van der Waals surface area (Å²) in [4.78, 5) is 39.3. The Morgan fingerprint density at radius 2 is 1.92 bits per heavy atom.